The minimum Gasteiger partial charge on any atom is -0.300 e. The summed E-state index contributed by atoms with van der Waals surface area (Å²) in [6.07, 6.45) is 9.23. The van der Waals surface area contributed by atoms with Gasteiger partial charge in [0.2, 0.25) is 0 Å². The van der Waals surface area contributed by atoms with Gasteiger partial charge in [0, 0.05) is 31.5 Å². The number of carbonyl (C=O) groups excluding carboxylic acids is 1. The Bertz CT molecular complexity index is 465. The van der Waals surface area contributed by atoms with Crippen LogP contribution < -0.4 is 0 Å². The Kier molecular flexibility index (Phi) is 3.79. The predicted molar refractivity (Wildman–Crippen MR) is 77.0 cm³/mol. The topological polar surface area (TPSA) is 20.3 Å². The third-order valence-corrected chi connectivity index (χ3v) is 4.32. The summed E-state index contributed by atoms with van der Waals surface area (Å²) in [4.78, 5) is 14.4. The molecule has 0 aromatic heterocycles. The molecular weight excluding hydrogens is 234 g/mol. The highest BCUT2D eigenvalue weighted by Crippen LogP contribution is 2.27. The number of hydrogen-bond donors (Lipinski definition) is 0. The summed E-state index contributed by atoms with van der Waals surface area (Å²) in [6.45, 7) is 1.12. The molecule has 2 heteroatoms. The molecular formula is C17H21NO. The van der Waals surface area contributed by atoms with Gasteiger partial charge in [0.25, 0.3) is 0 Å². The van der Waals surface area contributed by atoms with E-state index in [4.69, 9.17) is 0 Å². The number of aryl methyl sites for hydroxylation is 1. The van der Waals surface area contributed by atoms with Crippen LogP contribution in [-0.4, -0.2) is 29.3 Å². The Morgan fingerprint density at radius 2 is 2.00 bits per heavy atom. The molecule has 2 aliphatic heterocycles. The summed E-state index contributed by atoms with van der Waals surface area (Å²) in [7, 11) is 0. The van der Waals surface area contributed by atoms with Gasteiger partial charge in [-0.1, -0.05) is 42.5 Å². The van der Waals surface area contributed by atoms with Crippen molar-refractivity contribution >= 4 is 5.78 Å². The van der Waals surface area contributed by atoms with Crippen LogP contribution in [0.15, 0.2) is 42.5 Å². The molecule has 1 aromatic carbocycles. The second kappa shape index (κ2) is 5.70. The summed E-state index contributed by atoms with van der Waals surface area (Å²) in [5.41, 5.74) is 1.38. The zero-order chi connectivity index (χ0) is 13.1. The first kappa shape index (κ1) is 12.6. The van der Waals surface area contributed by atoms with Crippen LogP contribution in [0.2, 0.25) is 0 Å². The number of carbonyl (C=O) groups is 1. The summed E-state index contributed by atoms with van der Waals surface area (Å²) < 4.78 is 0. The largest absolute Gasteiger partial charge is 0.300 e. The molecule has 0 radical (unpaired) electrons. The first-order valence-electron chi connectivity index (χ1n) is 7.31. The van der Waals surface area contributed by atoms with Crippen LogP contribution in [0.5, 0.6) is 0 Å². The number of fused-ring (bicyclic) bond motifs is 1. The van der Waals surface area contributed by atoms with Crippen molar-refractivity contribution in [2.45, 2.75) is 44.2 Å². The van der Waals surface area contributed by atoms with E-state index in [9.17, 15) is 4.79 Å². The van der Waals surface area contributed by atoms with Crippen LogP contribution >= 0.6 is 0 Å². The van der Waals surface area contributed by atoms with Crippen molar-refractivity contribution in [3.8, 4) is 0 Å². The second-order valence-corrected chi connectivity index (χ2v) is 5.65. The highest BCUT2D eigenvalue weighted by molar-refractivity contribution is 5.80. The molecule has 3 rings (SSSR count). The monoisotopic (exact) mass is 255 g/mol. The van der Waals surface area contributed by atoms with E-state index < -0.39 is 0 Å². The fourth-order valence-corrected chi connectivity index (χ4v) is 3.33. The van der Waals surface area contributed by atoms with Crippen LogP contribution in [-0.2, 0) is 11.2 Å². The summed E-state index contributed by atoms with van der Waals surface area (Å²) in [6, 6.07) is 11.4. The quantitative estimate of drug-likeness (QED) is 0.774. The molecule has 1 saturated heterocycles. The van der Waals surface area contributed by atoms with Gasteiger partial charge in [-0.05, 0) is 24.8 Å². The van der Waals surface area contributed by atoms with Gasteiger partial charge in [0.05, 0.1) is 0 Å². The molecule has 0 unspecified atom stereocenters. The Balaban J connectivity index is 1.65. The van der Waals surface area contributed by atoms with Gasteiger partial charge in [-0.25, -0.2) is 0 Å². The van der Waals surface area contributed by atoms with Gasteiger partial charge in [-0.15, -0.1) is 0 Å². The second-order valence-electron chi connectivity index (χ2n) is 5.65. The number of Topliss-reactive ketones (excluding diaryl/α,β-unsaturated/α-hetero) is 1. The zero-order valence-corrected chi connectivity index (χ0v) is 11.3. The van der Waals surface area contributed by atoms with Crippen molar-refractivity contribution in [3.05, 3.63) is 48.0 Å². The van der Waals surface area contributed by atoms with E-state index in [0.29, 0.717) is 17.9 Å². The Morgan fingerprint density at radius 3 is 2.84 bits per heavy atom. The highest BCUT2D eigenvalue weighted by atomic mass is 16.1. The Morgan fingerprint density at radius 1 is 1.16 bits per heavy atom. The SMILES string of the molecule is O=C1C[C@H](CCc2ccccc2)N2CCC=C[C@H]2C1. The lowest BCUT2D eigenvalue weighted by atomic mass is 9.88. The number of piperidine rings is 1. The average molecular weight is 255 g/mol. The van der Waals surface area contributed by atoms with Crippen molar-refractivity contribution < 1.29 is 4.79 Å². The van der Waals surface area contributed by atoms with Crippen molar-refractivity contribution in [1.82, 2.24) is 4.90 Å². The summed E-state index contributed by atoms with van der Waals surface area (Å²) >= 11 is 0. The normalized spacial score (nSPS) is 27.3. The van der Waals surface area contributed by atoms with Crippen LogP contribution in [0.4, 0.5) is 0 Å². The van der Waals surface area contributed by atoms with Crippen molar-refractivity contribution in [2.24, 2.45) is 0 Å². The maximum Gasteiger partial charge on any atom is 0.136 e. The molecule has 0 saturated carbocycles. The highest BCUT2D eigenvalue weighted by Gasteiger charge is 2.33. The molecule has 2 nitrogen and oxygen atoms in total. The number of rotatable bonds is 3. The van der Waals surface area contributed by atoms with Gasteiger partial charge < -0.3 is 0 Å². The maximum atomic E-state index is 11.9. The first-order valence-corrected chi connectivity index (χ1v) is 7.31. The average Bonchev–Trinajstić information content (AvgIpc) is 2.45. The molecule has 0 amide bonds. The molecule has 2 aliphatic rings. The molecule has 2 heterocycles. The lowest BCUT2D eigenvalue weighted by Gasteiger charge is -2.42. The number of nitrogens with zero attached hydrogens (tertiary/aromatic N) is 1. The van der Waals surface area contributed by atoms with Crippen molar-refractivity contribution in [1.29, 1.82) is 0 Å². The van der Waals surface area contributed by atoms with E-state index in [1.54, 1.807) is 0 Å². The van der Waals surface area contributed by atoms with E-state index >= 15 is 0 Å². The predicted octanol–water partition coefficient (Wildman–Crippen LogP) is 2.98. The zero-order valence-electron chi connectivity index (χ0n) is 11.3. The van der Waals surface area contributed by atoms with E-state index in [2.05, 4.69) is 47.4 Å². The summed E-state index contributed by atoms with van der Waals surface area (Å²) in [5, 5.41) is 0. The van der Waals surface area contributed by atoms with Crippen LogP contribution in [0.3, 0.4) is 0 Å². The maximum absolute atomic E-state index is 11.9. The minimum atomic E-state index is 0.371. The molecule has 1 fully saturated rings. The third kappa shape index (κ3) is 2.95. The molecule has 0 spiro atoms. The van der Waals surface area contributed by atoms with Crippen LogP contribution in [0, 0.1) is 0 Å². The molecule has 0 aliphatic carbocycles. The molecule has 0 bridgehead atoms. The van der Waals surface area contributed by atoms with E-state index in [1.807, 2.05) is 0 Å². The lowest BCUT2D eigenvalue weighted by molar-refractivity contribution is -0.124. The molecule has 1 aromatic rings. The van der Waals surface area contributed by atoms with Crippen molar-refractivity contribution in [3.63, 3.8) is 0 Å². The van der Waals surface area contributed by atoms with Gasteiger partial charge >= 0.3 is 0 Å². The molecule has 2 atom stereocenters. The van der Waals surface area contributed by atoms with Gasteiger partial charge in [-0.3, -0.25) is 9.69 Å². The minimum absolute atomic E-state index is 0.371. The van der Waals surface area contributed by atoms with E-state index in [1.165, 1.54) is 5.56 Å². The lowest BCUT2D eigenvalue weighted by Crippen LogP contribution is -2.50. The van der Waals surface area contributed by atoms with Gasteiger partial charge in [0.15, 0.2) is 0 Å². The van der Waals surface area contributed by atoms with Gasteiger partial charge in [-0.2, -0.15) is 0 Å². The first-order chi connectivity index (χ1) is 9.33. The number of benzene rings is 1. The Hall–Kier alpha value is -1.41. The Labute approximate surface area is 115 Å². The molecule has 19 heavy (non-hydrogen) atoms. The number of ketones is 1. The summed E-state index contributed by atoms with van der Waals surface area (Å²) in [5.74, 6) is 0.436. The number of hydrogen-bond acceptors (Lipinski definition) is 2. The standard InChI is InChI=1S/C17H21NO/c19-17-12-15-8-4-5-11-18(15)16(13-17)10-9-14-6-2-1-3-7-14/h1-4,6-8,15-16H,5,9-13H2/t15-,16-/m0/s1. The fourth-order valence-electron chi connectivity index (χ4n) is 3.33. The third-order valence-electron chi connectivity index (χ3n) is 4.32. The molecule has 100 valence electrons. The molecule has 0 N–H and O–H groups in total. The van der Waals surface area contributed by atoms with Crippen LogP contribution in [0.1, 0.15) is 31.2 Å². The van der Waals surface area contributed by atoms with E-state index in [-0.39, 0.29) is 0 Å². The van der Waals surface area contributed by atoms with Gasteiger partial charge in [0.1, 0.15) is 5.78 Å². The fraction of sp³-hybridized carbons (Fsp3) is 0.471. The van der Waals surface area contributed by atoms with E-state index in [0.717, 1.165) is 38.6 Å². The van der Waals surface area contributed by atoms with Crippen molar-refractivity contribution in [2.75, 3.05) is 6.54 Å². The smallest absolute Gasteiger partial charge is 0.136 e. The van der Waals surface area contributed by atoms with Crippen LogP contribution in [0.25, 0.3) is 0 Å².